The molecule has 2 N–H and O–H groups in total. The van der Waals surface area contributed by atoms with Crippen molar-refractivity contribution in [2.75, 3.05) is 18.6 Å². The van der Waals surface area contributed by atoms with Crippen LogP contribution in [-0.4, -0.2) is 40.4 Å². The van der Waals surface area contributed by atoms with Crippen LogP contribution in [0.4, 0.5) is 18.9 Å². The summed E-state index contributed by atoms with van der Waals surface area (Å²) in [6.45, 7) is 2.10. The van der Waals surface area contributed by atoms with Gasteiger partial charge in [0.25, 0.3) is 5.91 Å². The lowest BCUT2D eigenvalue weighted by atomic mass is 9.98. The zero-order valence-corrected chi connectivity index (χ0v) is 15.6. The third-order valence-corrected chi connectivity index (χ3v) is 4.15. The Balaban J connectivity index is 2.74. The van der Waals surface area contributed by atoms with Crippen molar-refractivity contribution in [1.29, 1.82) is 0 Å². The van der Waals surface area contributed by atoms with Crippen LogP contribution in [0.1, 0.15) is 22.8 Å². The molecule has 0 spiro atoms. The van der Waals surface area contributed by atoms with Gasteiger partial charge in [-0.2, -0.15) is 23.1 Å². The largest absolute Gasteiger partial charge is 0.417 e. The van der Waals surface area contributed by atoms with E-state index in [4.69, 9.17) is 0 Å². The minimum atomic E-state index is -4.65. The number of nitrogens with zero attached hydrogens (tertiary/aromatic N) is 3. The highest BCUT2D eigenvalue weighted by atomic mass is 32.2. The first-order valence-corrected chi connectivity index (χ1v) is 9.03. The summed E-state index contributed by atoms with van der Waals surface area (Å²) in [4.78, 5) is 26.3. The molecular weight excluding hydrogens is 383 g/mol. The molecule has 2 rings (SSSR count). The second-order valence-electron chi connectivity index (χ2n) is 5.30. The topological polar surface area (TPSA) is 79.3 Å². The lowest BCUT2D eigenvalue weighted by Gasteiger charge is -2.21. The number of halogens is 3. The first kappa shape index (κ1) is 20.8. The average Bonchev–Trinajstić information content (AvgIpc) is 3.12. The van der Waals surface area contributed by atoms with Gasteiger partial charge in [-0.1, -0.05) is 11.9 Å². The second-order valence-corrected chi connectivity index (χ2v) is 5.89. The number of imide groups is 1. The van der Waals surface area contributed by atoms with Gasteiger partial charge < -0.3 is 5.32 Å². The highest BCUT2D eigenvalue weighted by Gasteiger charge is 2.36. The van der Waals surface area contributed by atoms with Gasteiger partial charge >= 0.3 is 6.18 Å². The van der Waals surface area contributed by atoms with E-state index in [9.17, 15) is 22.8 Å². The molecule has 0 bridgehead atoms. The van der Waals surface area contributed by atoms with E-state index in [1.165, 1.54) is 24.0 Å². The molecule has 1 heterocycles. The van der Waals surface area contributed by atoms with E-state index in [-0.39, 0.29) is 28.9 Å². The maximum Gasteiger partial charge on any atom is 0.417 e. The third kappa shape index (κ3) is 4.25. The lowest BCUT2D eigenvalue weighted by molar-refractivity contribution is -0.137. The monoisotopic (exact) mass is 401 g/mol. The molecule has 0 atom stereocenters. The summed E-state index contributed by atoms with van der Waals surface area (Å²) < 4.78 is 42.3. The molecule has 0 aliphatic carbocycles. The highest BCUT2D eigenvalue weighted by Crippen LogP contribution is 2.40. The first-order valence-electron chi connectivity index (χ1n) is 7.81. The Bertz CT molecular complexity index is 838. The number of carbonyl (C=O) groups excluding carboxylic acids is 2. The smallest absolute Gasteiger partial charge is 0.387 e. The number of rotatable bonds is 7. The van der Waals surface area contributed by atoms with Gasteiger partial charge in [-0.05, 0) is 31.4 Å². The molecule has 0 aliphatic rings. The van der Waals surface area contributed by atoms with Crippen molar-refractivity contribution in [3.05, 3.63) is 35.5 Å². The van der Waals surface area contributed by atoms with Gasteiger partial charge in [0.15, 0.2) is 0 Å². The molecule has 146 valence electrons. The quantitative estimate of drug-likeness (QED) is 0.422. The summed E-state index contributed by atoms with van der Waals surface area (Å²) in [5.41, 5.74) is -1.02. The van der Waals surface area contributed by atoms with Crippen molar-refractivity contribution in [1.82, 2.24) is 19.6 Å². The Morgan fingerprint density at radius 1 is 1.41 bits per heavy atom. The number of nitrogens with one attached hydrogen (secondary N) is 2. The fraction of sp³-hybridized carbons (Fsp3) is 0.312. The number of alkyl halides is 3. The molecule has 0 aliphatic heterocycles. The van der Waals surface area contributed by atoms with Crippen molar-refractivity contribution in [2.24, 2.45) is 0 Å². The van der Waals surface area contributed by atoms with Crippen molar-refractivity contribution < 1.29 is 22.8 Å². The molecule has 0 fully saturated rings. The van der Waals surface area contributed by atoms with E-state index in [0.29, 0.717) is 11.6 Å². The zero-order chi connectivity index (χ0) is 20.2. The number of hydrogen-bond acceptors (Lipinski definition) is 6. The molecule has 1 aromatic heterocycles. The Morgan fingerprint density at radius 2 is 2.11 bits per heavy atom. The van der Waals surface area contributed by atoms with Crippen LogP contribution < -0.4 is 10.1 Å². The van der Waals surface area contributed by atoms with Crippen molar-refractivity contribution in [2.45, 2.75) is 19.6 Å². The fourth-order valence-corrected chi connectivity index (χ4v) is 2.90. The predicted octanol–water partition coefficient (Wildman–Crippen LogP) is 3.01. The SMILES string of the molecule is CCn1nccc1-c1cc(C(=O)N(C=O)NSC)c(NC)cc1C(F)(F)F. The maximum absolute atomic E-state index is 13.6. The van der Waals surface area contributed by atoms with Crippen LogP contribution in [0.5, 0.6) is 0 Å². The molecule has 0 radical (unpaired) electrons. The van der Waals surface area contributed by atoms with Crippen LogP contribution in [0, 0.1) is 0 Å². The summed E-state index contributed by atoms with van der Waals surface area (Å²) in [7, 11) is 1.40. The Labute approximate surface area is 158 Å². The molecule has 0 saturated heterocycles. The van der Waals surface area contributed by atoms with E-state index in [0.717, 1.165) is 24.1 Å². The maximum atomic E-state index is 13.6. The van der Waals surface area contributed by atoms with Crippen LogP contribution in [-0.2, 0) is 17.5 Å². The number of carbonyl (C=O) groups is 2. The first-order chi connectivity index (χ1) is 12.8. The molecular formula is C16H18F3N5O2S. The molecule has 11 heteroatoms. The van der Waals surface area contributed by atoms with E-state index in [2.05, 4.69) is 15.2 Å². The second kappa shape index (κ2) is 8.44. The van der Waals surface area contributed by atoms with Crippen molar-refractivity contribution in [3.63, 3.8) is 0 Å². The Kier molecular flexibility index (Phi) is 6.50. The number of hydrogen-bond donors (Lipinski definition) is 2. The number of anilines is 1. The molecule has 2 aromatic rings. The summed E-state index contributed by atoms with van der Waals surface area (Å²) in [6.07, 6.45) is -1.40. The summed E-state index contributed by atoms with van der Waals surface area (Å²) in [5, 5.41) is 7.25. The molecule has 0 saturated carbocycles. The average molecular weight is 401 g/mol. The van der Waals surface area contributed by atoms with Crippen molar-refractivity contribution in [3.8, 4) is 11.3 Å². The van der Waals surface area contributed by atoms with Gasteiger partial charge in [-0.25, -0.2) is 5.01 Å². The van der Waals surface area contributed by atoms with Crippen LogP contribution in [0.15, 0.2) is 24.4 Å². The van der Waals surface area contributed by atoms with Gasteiger partial charge in [0, 0.05) is 31.0 Å². The molecule has 0 unspecified atom stereocenters. The summed E-state index contributed by atoms with van der Waals surface area (Å²) >= 11 is 0.996. The van der Waals surface area contributed by atoms with Crippen molar-refractivity contribution >= 4 is 30.0 Å². The Morgan fingerprint density at radius 3 is 2.63 bits per heavy atom. The molecule has 27 heavy (non-hydrogen) atoms. The predicted molar refractivity (Wildman–Crippen MR) is 96.8 cm³/mol. The van der Waals surface area contributed by atoms with Gasteiger partial charge in [-0.3, -0.25) is 14.3 Å². The van der Waals surface area contributed by atoms with Gasteiger partial charge in [0.05, 0.1) is 16.8 Å². The van der Waals surface area contributed by atoms with E-state index in [1.807, 2.05) is 0 Å². The third-order valence-electron chi connectivity index (χ3n) is 3.77. The van der Waals surface area contributed by atoms with Gasteiger partial charge in [-0.15, -0.1) is 0 Å². The minimum Gasteiger partial charge on any atom is -0.387 e. The molecule has 7 nitrogen and oxygen atoms in total. The Hall–Kier alpha value is -2.53. The standard InChI is InChI=1S/C16H18F3N5O2S/c1-4-23-14(5-6-21-23)10-7-11(15(26)24(9-25)22-27-3)13(20-2)8-12(10)16(17,18)19/h5-9,20,22H,4H2,1-3H3. The normalized spacial score (nSPS) is 11.3. The van der Waals surface area contributed by atoms with Gasteiger partial charge in [0.1, 0.15) is 0 Å². The van der Waals surface area contributed by atoms with E-state index < -0.39 is 17.6 Å². The summed E-state index contributed by atoms with van der Waals surface area (Å²) in [5.74, 6) is -0.791. The number of aryl methyl sites for hydroxylation is 1. The number of benzene rings is 1. The fourth-order valence-electron chi connectivity index (χ4n) is 2.58. The van der Waals surface area contributed by atoms with Crippen LogP contribution in [0.2, 0.25) is 0 Å². The van der Waals surface area contributed by atoms with Gasteiger partial charge in [0.2, 0.25) is 6.41 Å². The highest BCUT2D eigenvalue weighted by molar-refractivity contribution is 7.96. The minimum absolute atomic E-state index is 0.0478. The van der Waals surface area contributed by atoms with Crippen LogP contribution >= 0.6 is 11.9 Å². The van der Waals surface area contributed by atoms with E-state index >= 15 is 0 Å². The molecule has 1 aromatic carbocycles. The molecule has 2 amide bonds. The van der Waals surface area contributed by atoms with E-state index in [1.54, 1.807) is 13.2 Å². The number of amides is 2. The summed E-state index contributed by atoms with van der Waals surface area (Å²) in [6, 6.07) is 3.43. The number of aromatic nitrogens is 2. The number of hydrazine groups is 1. The lowest BCUT2D eigenvalue weighted by Crippen LogP contribution is -2.38. The van der Waals surface area contributed by atoms with Crippen LogP contribution in [0.3, 0.4) is 0 Å². The zero-order valence-electron chi connectivity index (χ0n) is 14.8. The van der Waals surface area contributed by atoms with Crippen LogP contribution in [0.25, 0.3) is 11.3 Å².